The largest absolute Gasteiger partial charge is 0.492 e. The number of pyridine rings is 1. The maximum absolute atomic E-state index is 12.8. The van der Waals surface area contributed by atoms with E-state index in [1.165, 1.54) is 11.3 Å². The summed E-state index contributed by atoms with van der Waals surface area (Å²) in [5.74, 6) is 0.343. The average Bonchev–Trinajstić information content (AvgIpc) is 2.94. The number of nitrogens with one attached hydrogen (secondary N) is 1. The fourth-order valence-corrected chi connectivity index (χ4v) is 3.89. The van der Waals surface area contributed by atoms with Gasteiger partial charge in [0.15, 0.2) is 0 Å². The van der Waals surface area contributed by atoms with Crippen molar-refractivity contribution in [1.82, 2.24) is 4.98 Å². The van der Waals surface area contributed by atoms with Crippen LogP contribution in [0.25, 0.3) is 10.2 Å². The predicted octanol–water partition coefficient (Wildman–Crippen LogP) is 3.98. The molecule has 0 atom stereocenters. The van der Waals surface area contributed by atoms with Gasteiger partial charge in [-0.2, -0.15) is 0 Å². The first-order valence-electron chi connectivity index (χ1n) is 8.25. The summed E-state index contributed by atoms with van der Waals surface area (Å²) in [5, 5.41) is 3.67. The molecular weight excluding hydrogens is 350 g/mol. The zero-order valence-corrected chi connectivity index (χ0v) is 15.8. The smallest absolute Gasteiger partial charge is 0.268 e. The van der Waals surface area contributed by atoms with Crippen LogP contribution in [0.4, 0.5) is 11.4 Å². The number of nitrogens with two attached hydrogens (primary N) is 1. The highest BCUT2D eigenvalue weighted by Gasteiger charge is 2.21. The van der Waals surface area contributed by atoms with E-state index in [1.807, 2.05) is 38.1 Å². The molecule has 2 aromatic heterocycles. The molecule has 3 rings (SSSR count). The van der Waals surface area contributed by atoms with Crippen LogP contribution in [0.3, 0.4) is 0 Å². The van der Waals surface area contributed by atoms with Crippen LogP contribution >= 0.6 is 11.3 Å². The number of rotatable bonds is 6. The lowest BCUT2D eigenvalue weighted by molar-refractivity contribution is 0.103. The number of fused-ring (bicyclic) bond motifs is 1. The number of ether oxygens (including phenoxy) is 2. The van der Waals surface area contributed by atoms with Gasteiger partial charge >= 0.3 is 0 Å². The van der Waals surface area contributed by atoms with Gasteiger partial charge in [-0.15, -0.1) is 11.3 Å². The molecule has 0 aliphatic rings. The van der Waals surface area contributed by atoms with Crippen LogP contribution in [-0.2, 0) is 11.3 Å². The molecule has 7 heteroatoms. The van der Waals surface area contributed by atoms with Crippen molar-refractivity contribution in [3.8, 4) is 5.75 Å². The van der Waals surface area contributed by atoms with E-state index in [9.17, 15) is 4.79 Å². The number of thiophene rings is 1. The molecule has 1 aromatic carbocycles. The molecule has 0 saturated heterocycles. The molecule has 3 aromatic rings. The Hall–Kier alpha value is -2.64. The van der Waals surface area contributed by atoms with Crippen molar-refractivity contribution < 1.29 is 14.3 Å². The number of hydrogen-bond acceptors (Lipinski definition) is 6. The second-order valence-electron chi connectivity index (χ2n) is 5.76. The molecule has 0 fully saturated rings. The summed E-state index contributed by atoms with van der Waals surface area (Å²) in [7, 11) is 1.63. The summed E-state index contributed by atoms with van der Waals surface area (Å²) in [6, 6.07) is 9.24. The van der Waals surface area contributed by atoms with E-state index >= 15 is 0 Å². The topological polar surface area (TPSA) is 86.5 Å². The van der Waals surface area contributed by atoms with Gasteiger partial charge in [-0.1, -0.05) is 12.1 Å². The molecule has 136 valence electrons. The van der Waals surface area contributed by atoms with Crippen LogP contribution in [0.2, 0.25) is 0 Å². The molecule has 0 radical (unpaired) electrons. The third kappa shape index (κ3) is 3.49. The third-order valence-corrected chi connectivity index (χ3v) is 4.95. The fourth-order valence-electron chi connectivity index (χ4n) is 2.81. The number of carbonyl (C=O) groups is 1. The normalized spacial score (nSPS) is 10.9. The lowest BCUT2D eigenvalue weighted by Gasteiger charge is -2.10. The Balaban J connectivity index is 1.99. The number of hydrogen-bond donors (Lipinski definition) is 2. The van der Waals surface area contributed by atoms with Crippen molar-refractivity contribution in [3.63, 3.8) is 0 Å². The first-order valence-corrected chi connectivity index (χ1v) is 9.07. The zero-order valence-electron chi connectivity index (χ0n) is 15.0. The molecule has 3 N–H and O–H groups in total. The van der Waals surface area contributed by atoms with E-state index < -0.39 is 0 Å². The Morgan fingerprint density at radius 1 is 1.35 bits per heavy atom. The van der Waals surface area contributed by atoms with Gasteiger partial charge in [0.1, 0.15) is 15.5 Å². The molecule has 0 bridgehead atoms. The molecule has 0 saturated carbocycles. The highest BCUT2D eigenvalue weighted by molar-refractivity contribution is 7.21. The van der Waals surface area contributed by atoms with Crippen molar-refractivity contribution in [1.29, 1.82) is 0 Å². The van der Waals surface area contributed by atoms with Crippen molar-refractivity contribution in [2.45, 2.75) is 20.5 Å². The minimum Gasteiger partial charge on any atom is -0.492 e. The van der Waals surface area contributed by atoms with E-state index in [0.29, 0.717) is 35.2 Å². The van der Waals surface area contributed by atoms with Crippen LogP contribution in [-0.4, -0.2) is 24.6 Å². The number of methoxy groups -OCH3 is 1. The van der Waals surface area contributed by atoms with Crippen LogP contribution in [0, 0.1) is 6.92 Å². The van der Waals surface area contributed by atoms with E-state index in [0.717, 1.165) is 21.5 Å². The lowest BCUT2D eigenvalue weighted by Crippen LogP contribution is -2.13. The monoisotopic (exact) mass is 371 g/mol. The van der Waals surface area contributed by atoms with Gasteiger partial charge in [-0.25, -0.2) is 4.98 Å². The molecule has 2 heterocycles. The number of nitrogen functional groups attached to an aromatic ring is 1. The first kappa shape index (κ1) is 18.2. The highest BCUT2D eigenvalue weighted by Crippen LogP contribution is 2.36. The molecule has 0 aliphatic carbocycles. The van der Waals surface area contributed by atoms with Crippen molar-refractivity contribution >= 4 is 38.8 Å². The summed E-state index contributed by atoms with van der Waals surface area (Å²) in [6.45, 7) is 4.73. The Bertz CT molecular complexity index is 953. The second-order valence-corrected chi connectivity index (χ2v) is 6.76. The van der Waals surface area contributed by atoms with E-state index in [1.54, 1.807) is 13.2 Å². The lowest BCUT2D eigenvalue weighted by atomic mass is 10.1. The minimum atomic E-state index is -0.279. The van der Waals surface area contributed by atoms with Gasteiger partial charge in [0.05, 0.1) is 24.6 Å². The van der Waals surface area contributed by atoms with Gasteiger partial charge in [-0.05, 0) is 37.6 Å². The Morgan fingerprint density at radius 3 is 2.85 bits per heavy atom. The SMILES string of the molecule is CCOc1ccccc1NC(=O)c1sc2nc(C)cc(COC)c2c1N. The number of benzene rings is 1. The molecular formula is C19H21N3O3S. The number of anilines is 2. The van der Waals surface area contributed by atoms with Gasteiger partial charge < -0.3 is 20.5 Å². The number of nitrogens with zero attached hydrogens (tertiary/aromatic N) is 1. The second kappa shape index (κ2) is 7.72. The van der Waals surface area contributed by atoms with E-state index in [4.69, 9.17) is 15.2 Å². The van der Waals surface area contributed by atoms with E-state index in [-0.39, 0.29) is 5.91 Å². The van der Waals surface area contributed by atoms with Gasteiger partial charge in [0, 0.05) is 18.2 Å². The van der Waals surface area contributed by atoms with Gasteiger partial charge in [0.2, 0.25) is 0 Å². The number of carbonyl (C=O) groups excluding carboxylic acids is 1. The van der Waals surface area contributed by atoms with Crippen molar-refractivity contribution in [2.75, 3.05) is 24.8 Å². The Kier molecular flexibility index (Phi) is 5.39. The predicted molar refractivity (Wildman–Crippen MR) is 105 cm³/mol. The minimum absolute atomic E-state index is 0.279. The van der Waals surface area contributed by atoms with Crippen molar-refractivity contribution in [2.24, 2.45) is 0 Å². The van der Waals surface area contributed by atoms with Crippen molar-refractivity contribution in [3.05, 3.63) is 46.5 Å². The molecule has 26 heavy (non-hydrogen) atoms. The molecule has 0 unspecified atom stereocenters. The Labute approximate surface area is 155 Å². The third-order valence-electron chi connectivity index (χ3n) is 3.85. The summed E-state index contributed by atoms with van der Waals surface area (Å²) in [4.78, 5) is 18.5. The zero-order chi connectivity index (χ0) is 18.7. The van der Waals surface area contributed by atoms with Gasteiger partial charge in [-0.3, -0.25) is 4.79 Å². The fraction of sp³-hybridized carbons (Fsp3) is 0.263. The maximum Gasteiger partial charge on any atom is 0.268 e. The summed E-state index contributed by atoms with van der Waals surface area (Å²) >= 11 is 1.28. The number of aromatic nitrogens is 1. The standard InChI is InChI=1S/C19H21N3O3S/c1-4-25-14-8-6-5-7-13(14)22-18(23)17-16(20)15-12(10-24-3)9-11(2)21-19(15)26-17/h5-9H,4,10,20H2,1-3H3,(H,22,23). The van der Waals surface area contributed by atoms with Gasteiger partial charge in [0.25, 0.3) is 5.91 Å². The number of amides is 1. The highest BCUT2D eigenvalue weighted by atomic mass is 32.1. The maximum atomic E-state index is 12.8. The van der Waals surface area contributed by atoms with Crippen LogP contribution < -0.4 is 15.8 Å². The Morgan fingerprint density at radius 2 is 2.12 bits per heavy atom. The van der Waals surface area contributed by atoms with E-state index in [2.05, 4.69) is 10.3 Å². The number of para-hydroxylation sites is 2. The number of aryl methyl sites for hydroxylation is 1. The van der Waals surface area contributed by atoms with Crippen LogP contribution in [0.15, 0.2) is 30.3 Å². The molecule has 0 spiro atoms. The van der Waals surface area contributed by atoms with Crippen LogP contribution in [0.5, 0.6) is 5.75 Å². The molecule has 6 nitrogen and oxygen atoms in total. The first-order chi connectivity index (χ1) is 12.5. The molecule has 1 amide bonds. The summed E-state index contributed by atoms with van der Waals surface area (Å²) in [6.07, 6.45) is 0. The summed E-state index contributed by atoms with van der Waals surface area (Å²) < 4.78 is 10.8. The quantitative estimate of drug-likeness (QED) is 0.684. The van der Waals surface area contributed by atoms with Crippen LogP contribution in [0.1, 0.15) is 27.9 Å². The average molecular weight is 371 g/mol. The molecule has 0 aliphatic heterocycles. The summed E-state index contributed by atoms with van der Waals surface area (Å²) in [5.41, 5.74) is 9.12.